The fraction of sp³-hybridized carbons (Fsp3) is 0.500. The Hall–Kier alpha value is -3.75. The van der Waals surface area contributed by atoms with Gasteiger partial charge in [0.1, 0.15) is 41.4 Å². The van der Waals surface area contributed by atoms with E-state index in [1.165, 1.54) is 19.4 Å². The number of aryl methyl sites for hydroxylation is 1. The number of anilines is 1. The van der Waals surface area contributed by atoms with Crippen molar-refractivity contribution in [3.8, 4) is 23.0 Å². The quantitative estimate of drug-likeness (QED) is 0.217. The zero-order chi connectivity index (χ0) is 33.6. The molecular formula is C34H38F3N5O5S. The summed E-state index contributed by atoms with van der Waals surface area (Å²) in [6.07, 6.45) is 3.27. The number of sulfone groups is 1. The van der Waals surface area contributed by atoms with Gasteiger partial charge in [-0.15, -0.1) is 0 Å². The molecule has 0 saturated carbocycles. The number of halogens is 3. The van der Waals surface area contributed by atoms with Gasteiger partial charge in [-0.2, -0.15) is 9.97 Å². The second kappa shape index (κ2) is 12.9. The van der Waals surface area contributed by atoms with Gasteiger partial charge in [0.05, 0.1) is 22.4 Å². The monoisotopic (exact) mass is 685 g/mol. The number of rotatable bonds is 9. The first-order chi connectivity index (χ1) is 23.1. The molecule has 0 radical (unpaired) electrons. The molecule has 256 valence electrons. The first kappa shape index (κ1) is 32.8. The van der Waals surface area contributed by atoms with Crippen LogP contribution in [0.4, 0.5) is 19.0 Å². The van der Waals surface area contributed by atoms with Crippen molar-refractivity contribution in [2.45, 2.75) is 50.7 Å². The molecule has 14 heteroatoms. The number of pyridine rings is 1. The van der Waals surface area contributed by atoms with Crippen molar-refractivity contribution in [2.24, 2.45) is 0 Å². The van der Waals surface area contributed by atoms with Crippen molar-refractivity contribution in [1.82, 2.24) is 19.9 Å². The summed E-state index contributed by atoms with van der Waals surface area (Å²) >= 11 is 0. The van der Waals surface area contributed by atoms with Gasteiger partial charge in [-0.3, -0.25) is 9.88 Å². The number of hydrogen-bond donors (Lipinski definition) is 0. The van der Waals surface area contributed by atoms with E-state index >= 15 is 8.78 Å². The predicted octanol–water partition coefficient (Wildman–Crippen LogP) is 5.25. The third-order valence-electron chi connectivity index (χ3n) is 9.82. The van der Waals surface area contributed by atoms with Crippen LogP contribution in [-0.4, -0.2) is 98.2 Å². The van der Waals surface area contributed by atoms with Gasteiger partial charge in [0.25, 0.3) is 0 Å². The fourth-order valence-electron chi connectivity index (χ4n) is 7.54. The molecule has 0 bridgehead atoms. The Morgan fingerprint density at radius 3 is 2.73 bits per heavy atom. The fourth-order valence-corrected chi connectivity index (χ4v) is 8.82. The Kier molecular flexibility index (Phi) is 8.84. The number of alkyl halides is 1. The van der Waals surface area contributed by atoms with Gasteiger partial charge in [0.2, 0.25) is 0 Å². The minimum Gasteiger partial charge on any atom is -0.468 e. The minimum absolute atomic E-state index is 0.0419. The highest BCUT2D eigenvalue weighted by Gasteiger charge is 2.49. The Morgan fingerprint density at radius 2 is 1.92 bits per heavy atom. The molecule has 7 rings (SSSR count). The van der Waals surface area contributed by atoms with Gasteiger partial charge in [0, 0.05) is 44.9 Å². The lowest BCUT2D eigenvalue weighted by Gasteiger charge is -2.31. The molecule has 3 aliphatic rings. The number of aromatic nitrogens is 3. The summed E-state index contributed by atoms with van der Waals surface area (Å²) in [5, 5.41) is 1.42. The van der Waals surface area contributed by atoms with Gasteiger partial charge >= 0.3 is 6.01 Å². The van der Waals surface area contributed by atoms with Crippen LogP contribution in [0.1, 0.15) is 38.2 Å². The zero-order valence-corrected chi connectivity index (χ0v) is 27.8. The first-order valence-corrected chi connectivity index (χ1v) is 18.1. The topological polar surface area (TPSA) is 107 Å². The molecule has 4 aromatic rings. The summed E-state index contributed by atoms with van der Waals surface area (Å²) in [5.74, 6) is -0.536. The van der Waals surface area contributed by atoms with Crippen molar-refractivity contribution in [1.29, 1.82) is 0 Å². The second-order valence-electron chi connectivity index (χ2n) is 12.9. The number of methoxy groups -OCH3 is 1. The van der Waals surface area contributed by atoms with Crippen molar-refractivity contribution in [2.75, 3.05) is 63.1 Å². The lowest BCUT2D eigenvalue weighted by Crippen LogP contribution is -2.43. The Morgan fingerprint density at radius 1 is 1.06 bits per heavy atom. The summed E-state index contributed by atoms with van der Waals surface area (Å²) in [6, 6.07) is 6.25. The lowest BCUT2D eigenvalue weighted by molar-refractivity contribution is 0.0512. The van der Waals surface area contributed by atoms with Crippen molar-refractivity contribution in [3.05, 3.63) is 47.7 Å². The normalized spacial score (nSPS) is 22.7. The zero-order valence-electron chi connectivity index (χ0n) is 27.0. The maximum absolute atomic E-state index is 17.0. The number of ether oxygens (including phenoxy) is 3. The van der Waals surface area contributed by atoms with Crippen LogP contribution in [0.5, 0.6) is 11.8 Å². The molecule has 0 spiro atoms. The highest BCUT2D eigenvalue weighted by atomic mass is 32.2. The second-order valence-corrected chi connectivity index (χ2v) is 15.2. The molecule has 2 atom stereocenters. The number of benzene rings is 2. The van der Waals surface area contributed by atoms with E-state index in [0.29, 0.717) is 65.8 Å². The van der Waals surface area contributed by atoms with Gasteiger partial charge in [-0.1, -0.05) is 13.0 Å². The van der Waals surface area contributed by atoms with E-state index < -0.39 is 33.2 Å². The Balaban J connectivity index is 1.38. The van der Waals surface area contributed by atoms with Crippen LogP contribution in [0.3, 0.4) is 0 Å². The minimum atomic E-state index is -3.25. The van der Waals surface area contributed by atoms with Crippen LogP contribution < -0.4 is 14.4 Å². The van der Waals surface area contributed by atoms with Crippen LogP contribution in [0, 0.1) is 11.6 Å². The van der Waals surface area contributed by atoms with Gasteiger partial charge in [0.15, 0.2) is 22.4 Å². The average molecular weight is 686 g/mol. The highest BCUT2D eigenvalue weighted by Crippen LogP contribution is 2.42. The molecule has 48 heavy (non-hydrogen) atoms. The number of hydrogen-bond acceptors (Lipinski definition) is 10. The van der Waals surface area contributed by atoms with Crippen LogP contribution in [-0.2, 0) is 21.0 Å². The van der Waals surface area contributed by atoms with Crippen molar-refractivity contribution < 1.29 is 35.8 Å². The van der Waals surface area contributed by atoms with E-state index in [0.717, 1.165) is 19.4 Å². The van der Waals surface area contributed by atoms with Crippen LogP contribution >= 0.6 is 0 Å². The van der Waals surface area contributed by atoms with E-state index in [9.17, 15) is 12.8 Å². The summed E-state index contributed by atoms with van der Waals surface area (Å²) in [6.45, 7) is 3.56. The Bertz CT molecular complexity index is 1980. The summed E-state index contributed by atoms with van der Waals surface area (Å²) in [7, 11) is -1.77. The molecule has 3 saturated heterocycles. The van der Waals surface area contributed by atoms with Crippen molar-refractivity contribution >= 4 is 37.3 Å². The van der Waals surface area contributed by atoms with Crippen molar-refractivity contribution in [3.63, 3.8) is 0 Å². The molecular weight excluding hydrogens is 647 g/mol. The number of nitrogens with zero attached hydrogens (tertiary/aromatic N) is 5. The molecule has 2 aromatic heterocycles. The van der Waals surface area contributed by atoms with E-state index in [1.807, 2.05) is 6.92 Å². The Labute approximate surface area is 277 Å². The molecule has 2 aromatic carbocycles. The summed E-state index contributed by atoms with van der Waals surface area (Å²) < 4.78 is 88.5. The maximum Gasteiger partial charge on any atom is 0.319 e. The van der Waals surface area contributed by atoms with Crippen LogP contribution in [0.15, 0.2) is 30.5 Å². The van der Waals surface area contributed by atoms with Gasteiger partial charge < -0.3 is 19.1 Å². The molecule has 0 amide bonds. The SMILES string of the molecule is CCc1c(F)ccc2cc(OCOC)cc(-c3ncc4c(N5CCCS(=O)(=O)CC5)nc(OC[C@@]56CCCN5C[C@H](F)C6)nc4c3F)c12. The standard InChI is InChI=1S/C34H38F3N5O5S/c1-3-24-27(36)7-6-21-14-23(47-20-45-2)15-25(28(21)24)30-29(37)31-26(17-38-30)32(41-9-5-12-48(43,44)13-11-41)40-33(39-31)46-19-34-8-4-10-42(34)18-22(35)16-34/h6-7,14-15,17,22H,3-5,8-13,16,18-20H2,1-2H3/t22-,34+/m1/s1. The van der Waals surface area contributed by atoms with E-state index in [2.05, 4.69) is 19.9 Å². The molecule has 0 unspecified atom stereocenters. The van der Waals surface area contributed by atoms with Crippen LogP contribution in [0.2, 0.25) is 0 Å². The molecule has 5 heterocycles. The molecule has 10 nitrogen and oxygen atoms in total. The van der Waals surface area contributed by atoms with Gasteiger partial charge in [-0.25, -0.2) is 21.6 Å². The third-order valence-corrected chi connectivity index (χ3v) is 11.5. The largest absolute Gasteiger partial charge is 0.468 e. The third kappa shape index (κ3) is 6.02. The molecule has 3 aliphatic heterocycles. The number of fused-ring (bicyclic) bond motifs is 3. The molecule has 0 N–H and O–H groups in total. The molecule has 3 fully saturated rings. The van der Waals surface area contributed by atoms with Gasteiger partial charge in [-0.05, 0) is 66.8 Å². The molecule has 0 aliphatic carbocycles. The van der Waals surface area contributed by atoms with E-state index in [4.69, 9.17) is 14.2 Å². The highest BCUT2D eigenvalue weighted by molar-refractivity contribution is 7.91. The first-order valence-electron chi connectivity index (χ1n) is 16.3. The average Bonchev–Trinajstić information content (AvgIpc) is 3.53. The predicted molar refractivity (Wildman–Crippen MR) is 176 cm³/mol. The van der Waals surface area contributed by atoms with Crippen LogP contribution in [0.25, 0.3) is 32.9 Å². The summed E-state index contributed by atoms with van der Waals surface area (Å²) in [5.41, 5.74) is 0.0927. The van der Waals surface area contributed by atoms with E-state index in [1.54, 1.807) is 23.1 Å². The maximum atomic E-state index is 17.0. The lowest BCUT2D eigenvalue weighted by atomic mass is 9.94. The smallest absolute Gasteiger partial charge is 0.319 e. The van der Waals surface area contributed by atoms with E-state index in [-0.39, 0.29) is 54.1 Å². The summed E-state index contributed by atoms with van der Waals surface area (Å²) in [4.78, 5) is 17.7.